The first kappa shape index (κ1) is 15.3. The highest BCUT2D eigenvalue weighted by atomic mass is 16.5. The Balaban J connectivity index is 2.05. The zero-order chi connectivity index (χ0) is 15.1. The van der Waals surface area contributed by atoms with Gasteiger partial charge < -0.3 is 14.4 Å². The van der Waals surface area contributed by atoms with Crippen molar-refractivity contribution in [2.24, 2.45) is 0 Å². The fourth-order valence-electron chi connectivity index (χ4n) is 2.13. The molecule has 1 unspecified atom stereocenters. The SMILES string of the molecule is CN(C)CCOc1ccc(C(C=O)c2ccccc2)cc1. The number of rotatable bonds is 7. The van der Waals surface area contributed by atoms with Crippen LogP contribution in [0.4, 0.5) is 0 Å². The number of ether oxygens (including phenoxy) is 1. The van der Waals surface area contributed by atoms with Gasteiger partial charge in [-0.1, -0.05) is 42.5 Å². The summed E-state index contributed by atoms with van der Waals surface area (Å²) in [5.41, 5.74) is 1.99. The average molecular weight is 283 g/mol. The van der Waals surface area contributed by atoms with Crippen LogP contribution in [0, 0.1) is 0 Å². The van der Waals surface area contributed by atoms with Gasteiger partial charge in [0, 0.05) is 6.54 Å². The fourth-order valence-corrected chi connectivity index (χ4v) is 2.13. The highest BCUT2D eigenvalue weighted by Crippen LogP contribution is 2.24. The molecule has 0 aliphatic rings. The predicted molar refractivity (Wildman–Crippen MR) is 84.8 cm³/mol. The molecular weight excluding hydrogens is 262 g/mol. The van der Waals surface area contributed by atoms with Gasteiger partial charge in [-0.3, -0.25) is 0 Å². The minimum atomic E-state index is -0.220. The molecule has 21 heavy (non-hydrogen) atoms. The molecule has 0 spiro atoms. The lowest BCUT2D eigenvalue weighted by Gasteiger charge is -2.13. The van der Waals surface area contributed by atoms with Gasteiger partial charge in [-0.2, -0.15) is 0 Å². The van der Waals surface area contributed by atoms with Crippen molar-refractivity contribution < 1.29 is 9.53 Å². The van der Waals surface area contributed by atoms with E-state index in [-0.39, 0.29) is 5.92 Å². The van der Waals surface area contributed by atoms with Crippen LogP contribution in [0.5, 0.6) is 5.75 Å². The van der Waals surface area contributed by atoms with Gasteiger partial charge in [-0.15, -0.1) is 0 Å². The standard InChI is InChI=1S/C18H21NO2/c1-19(2)12-13-21-17-10-8-16(9-11-17)18(14-20)15-6-4-3-5-7-15/h3-11,14,18H,12-13H2,1-2H3. The molecule has 0 fully saturated rings. The Morgan fingerprint density at radius 3 is 2.19 bits per heavy atom. The quantitative estimate of drug-likeness (QED) is 0.732. The van der Waals surface area contributed by atoms with Gasteiger partial charge in [0.15, 0.2) is 0 Å². The predicted octanol–water partition coefficient (Wildman–Crippen LogP) is 2.96. The molecular formula is C18H21NO2. The van der Waals surface area contributed by atoms with E-state index in [0.717, 1.165) is 29.7 Å². The van der Waals surface area contributed by atoms with Crippen molar-refractivity contribution in [2.45, 2.75) is 5.92 Å². The number of benzene rings is 2. The minimum Gasteiger partial charge on any atom is -0.492 e. The summed E-state index contributed by atoms with van der Waals surface area (Å²) in [4.78, 5) is 13.5. The molecule has 0 aromatic heterocycles. The maximum atomic E-state index is 11.4. The molecule has 0 amide bonds. The van der Waals surface area contributed by atoms with E-state index in [1.54, 1.807) is 0 Å². The molecule has 0 bridgehead atoms. The summed E-state index contributed by atoms with van der Waals surface area (Å²) in [5.74, 6) is 0.611. The summed E-state index contributed by atoms with van der Waals surface area (Å²) in [6.45, 7) is 1.53. The molecule has 2 aromatic carbocycles. The summed E-state index contributed by atoms with van der Waals surface area (Å²) >= 11 is 0. The maximum Gasteiger partial charge on any atom is 0.131 e. The van der Waals surface area contributed by atoms with Crippen molar-refractivity contribution in [1.82, 2.24) is 4.90 Å². The second-order valence-electron chi connectivity index (χ2n) is 5.25. The number of hydrogen-bond acceptors (Lipinski definition) is 3. The minimum absolute atomic E-state index is 0.220. The van der Waals surface area contributed by atoms with Crippen LogP contribution in [0.1, 0.15) is 17.0 Å². The van der Waals surface area contributed by atoms with Crippen molar-refractivity contribution in [3.63, 3.8) is 0 Å². The second-order valence-corrected chi connectivity index (χ2v) is 5.25. The van der Waals surface area contributed by atoms with Gasteiger partial charge >= 0.3 is 0 Å². The topological polar surface area (TPSA) is 29.5 Å². The summed E-state index contributed by atoms with van der Waals surface area (Å²) < 4.78 is 5.66. The third-order valence-corrected chi connectivity index (χ3v) is 3.34. The Bertz CT molecular complexity index is 549. The van der Waals surface area contributed by atoms with Crippen molar-refractivity contribution >= 4 is 6.29 Å². The lowest BCUT2D eigenvalue weighted by molar-refractivity contribution is -0.108. The van der Waals surface area contributed by atoms with E-state index in [9.17, 15) is 4.79 Å². The first-order valence-corrected chi connectivity index (χ1v) is 7.08. The van der Waals surface area contributed by atoms with Crippen LogP contribution >= 0.6 is 0 Å². The van der Waals surface area contributed by atoms with Crippen LogP contribution in [0.15, 0.2) is 54.6 Å². The first-order chi connectivity index (χ1) is 10.2. The largest absolute Gasteiger partial charge is 0.492 e. The molecule has 0 saturated heterocycles. The van der Waals surface area contributed by atoms with Crippen LogP contribution in [-0.2, 0) is 4.79 Å². The van der Waals surface area contributed by atoms with Crippen molar-refractivity contribution in [3.05, 3.63) is 65.7 Å². The average Bonchev–Trinajstić information content (AvgIpc) is 2.50. The molecule has 0 N–H and O–H groups in total. The molecule has 0 radical (unpaired) electrons. The number of hydrogen-bond donors (Lipinski definition) is 0. The van der Waals surface area contributed by atoms with Gasteiger partial charge in [-0.05, 0) is 37.4 Å². The number of carbonyl (C=O) groups excluding carboxylic acids is 1. The third kappa shape index (κ3) is 4.43. The van der Waals surface area contributed by atoms with Gasteiger partial charge in [-0.25, -0.2) is 0 Å². The van der Waals surface area contributed by atoms with Gasteiger partial charge in [0.25, 0.3) is 0 Å². The molecule has 1 atom stereocenters. The van der Waals surface area contributed by atoms with E-state index < -0.39 is 0 Å². The lowest BCUT2D eigenvalue weighted by atomic mass is 9.93. The number of aldehydes is 1. The zero-order valence-electron chi connectivity index (χ0n) is 12.5. The van der Waals surface area contributed by atoms with Crippen molar-refractivity contribution in [3.8, 4) is 5.75 Å². The van der Waals surface area contributed by atoms with E-state index in [0.29, 0.717) is 6.61 Å². The highest BCUT2D eigenvalue weighted by Gasteiger charge is 2.12. The molecule has 110 valence electrons. The van der Waals surface area contributed by atoms with Crippen LogP contribution in [0.3, 0.4) is 0 Å². The summed E-state index contributed by atoms with van der Waals surface area (Å²) in [6.07, 6.45) is 0.983. The Hall–Kier alpha value is -2.13. The molecule has 0 heterocycles. The Morgan fingerprint density at radius 2 is 1.62 bits per heavy atom. The molecule has 3 nitrogen and oxygen atoms in total. The number of nitrogens with zero attached hydrogens (tertiary/aromatic N) is 1. The normalized spacial score (nSPS) is 12.1. The molecule has 2 rings (SSSR count). The monoisotopic (exact) mass is 283 g/mol. The second kappa shape index (κ2) is 7.60. The zero-order valence-corrected chi connectivity index (χ0v) is 12.5. The van der Waals surface area contributed by atoms with E-state index in [1.807, 2.05) is 68.7 Å². The highest BCUT2D eigenvalue weighted by molar-refractivity contribution is 5.68. The molecule has 0 aliphatic heterocycles. The summed E-state index contributed by atoms with van der Waals surface area (Å²) in [5, 5.41) is 0. The van der Waals surface area contributed by atoms with E-state index in [4.69, 9.17) is 4.74 Å². The fraction of sp³-hybridized carbons (Fsp3) is 0.278. The Kier molecular flexibility index (Phi) is 5.52. The van der Waals surface area contributed by atoms with Gasteiger partial charge in [0.1, 0.15) is 18.6 Å². The first-order valence-electron chi connectivity index (χ1n) is 7.08. The van der Waals surface area contributed by atoms with Crippen LogP contribution < -0.4 is 4.74 Å². The van der Waals surface area contributed by atoms with Crippen LogP contribution in [0.2, 0.25) is 0 Å². The number of likely N-dealkylation sites (N-methyl/N-ethyl adjacent to an activating group) is 1. The summed E-state index contributed by atoms with van der Waals surface area (Å²) in [7, 11) is 4.03. The van der Waals surface area contributed by atoms with Crippen LogP contribution in [0.25, 0.3) is 0 Å². The van der Waals surface area contributed by atoms with Crippen molar-refractivity contribution in [1.29, 1.82) is 0 Å². The van der Waals surface area contributed by atoms with Crippen LogP contribution in [-0.4, -0.2) is 38.4 Å². The molecule has 2 aromatic rings. The summed E-state index contributed by atoms with van der Waals surface area (Å²) in [6, 6.07) is 17.5. The van der Waals surface area contributed by atoms with Gasteiger partial charge in [0.05, 0.1) is 5.92 Å². The molecule has 0 saturated carbocycles. The van der Waals surface area contributed by atoms with E-state index in [2.05, 4.69) is 4.90 Å². The Morgan fingerprint density at radius 1 is 1.00 bits per heavy atom. The maximum absolute atomic E-state index is 11.4. The smallest absolute Gasteiger partial charge is 0.131 e. The van der Waals surface area contributed by atoms with E-state index in [1.165, 1.54) is 0 Å². The molecule has 0 aliphatic carbocycles. The van der Waals surface area contributed by atoms with Gasteiger partial charge in [0.2, 0.25) is 0 Å². The van der Waals surface area contributed by atoms with E-state index >= 15 is 0 Å². The third-order valence-electron chi connectivity index (χ3n) is 3.34. The van der Waals surface area contributed by atoms with Crippen molar-refractivity contribution in [2.75, 3.05) is 27.2 Å². The Labute approximate surface area is 126 Å². The number of carbonyl (C=O) groups is 1. The lowest BCUT2D eigenvalue weighted by Crippen LogP contribution is -2.19. The molecule has 3 heteroatoms.